The van der Waals surface area contributed by atoms with Crippen molar-refractivity contribution < 1.29 is 14.2 Å². The molecule has 13 heteroatoms. The predicted molar refractivity (Wildman–Crippen MR) is 76.5 cm³/mol. The van der Waals surface area contributed by atoms with Crippen LogP contribution < -0.4 is 16.6 Å². The monoisotopic (exact) mass is 332 g/mol. The van der Waals surface area contributed by atoms with Crippen molar-refractivity contribution in [1.82, 2.24) is 45.9 Å². The Morgan fingerprint density at radius 2 is 2.00 bits per heavy atom. The largest absolute Gasteiger partial charge is 0.378 e. The summed E-state index contributed by atoms with van der Waals surface area (Å²) in [6.07, 6.45) is 1.60. The molecule has 0 aliphatic carbocycles. The van der Waals surface area contributed by atoms with Crippen LogP contribution in [0.15, 0.2) is 16.9 Å². The van der Waals surface area contributed by atoms with E-state index in [4.69, 9.17) is 5.73 Å². The van der Waals surface area contributed by atoms with E-state index in [0.717, 1.165) is 0 Å². The summed E-state index contributed by atoms with van der Waals surface area (Å²) in [4.78, 5) is 23.9. The Labute approximate surface area is 133 Å². The average Bonchev–Trinajstić information content (AvgIpc) is 3.25. The zero-order valence-corrected chi connectivity index (χ0v) is 12.6. The number of nitrogens with zero attached hydrogens (tertiary/aromatic N) is 7. The Kier molecular flexibility index (Phi) is 3.65. The number of anilines is 1. The van der Waals surface area contributed by atoms with Crippen LogP contribution in [0.2, 0.25) is 0 Å². The van der Waals surface area contributed by atoms with Gasteiger partial charge in [0.25, 0.3) is 11.8 Å². The molecular formula is C11H12N10O3. The first-order valence-corrected chi connectivity index (χ1v) is 6.58. The Morgan fingerprint density at radius 1 is 1.25 bits per heavy atom. The topological polar surface area (TPSA) is 172 Å². The lowest BCUT2D eigenvalue weighted by atomic mass is 10.3. The highest BCUT2D eigenvalue weighted by atomic mass is 16.6. The second-order valence-corrected chi connectivity index (χ2v) is 4.69. The van der Waals surface area contributed by atoms with Crippen molar-refractivity contribution in [3.8, 4) is 5.82 Å². The van der Waals surface area contributed by atoms with Crippen LogP contribution in [-0.4, -0.2) is 46.9 Å². The number of carbonyl (C=O) groups excluding carboxylic acids is 2. The lowest BCUT2D eigenvalue weighted by molar-refractivity contribution is 0.0840. The van der Waals surface area contributed by atoms with Gasteiger partial charge in [0, 0.05) is 13.2 Å². The summed E-state index contributed by atoms with van der Waals surface area (Å²) in [6.45, 7) is 1.57. The lowest BCUT2D eigenvalue weighted by Gasteiger charge is -2.04. The van der Waals surface area contributed by atoms with Crippen LogP contribution in [0.4, 0.5) is 5.82 Å². The van der Waals surface area contributed by atoms with Gasteiger partial charge in [-0.1, -0.05) is 5.21 Å². The quantitative estimate of drug-likeness (QED) is 0.475. The fourth-order valence-electron chi connectivity index (χ4n) is 1.85. The van der Waals surface area contributed by atoms with Crippen LogP contribution in [0, 0.1) is 6.92 Å². The van der Waals surface area contributed by atoms with Crippen molar-refractivity contribution in [3.05, 3.63) is 29.3 Å². The van der Waals surface area contributed by atoms with E-state index < -0.39 is 11.8 Å². The third kappa shape index (κ3) is 2.65. The predicted octanol–water partition coefficient (Wildman–Crippen LogP) is -1.65. The second kappa shape index (κ2) is 5.79. The zero-order valence-electron chi connectivity index (χ0n) is 12.6. The summed E-state index contributed by atoms with van der Waals surface area (Å²) >= 11 is 0. The molecule has 0 saturated heterocycles. The van der Waals surface area contributed by atoms with Gasteiger partial charge in [-0.05, 0) is 23.3 Å². The Hall–Kier alpha value is -3.77. The molecule has 3 aromatic heterocycles. The molecule has 0 fully saturated rings. The summed E-state index contributed by atoms with van der Waals surface area (Å²) in [5, 5.41) is 18.4. The van der Waals surface area contributed by atoms with E-state index in [1.165, 1.54) is 15.4 Å². The standard InChI is InChI=1S/C11H12N10O3/c1-5-7(13-19-21(5)9-8(12)17-24-18-9)11(23)15-14-10(22)6-3-4-20(2)16-6/h3-4H,1-2H3,(H2,12,17)(H,14,22)(H,15,23). The van der Waals surface area contributed by atoms with Gasteiger partial charge in [-0.2, -0.15) is 9.78 Å². The maximum absolute atomic E-state index is 12.1. The number of hydrogen-bond acceptors (Lipinski definition) is 9. The van der Waals surface area contributed by atoms with Gasteiger partial charge in [0.15, 0.2) is 11.4 Å². The van der Waals surface area contributed by atoms with Crippen molar-refractivity contribution in [3.63, 3.8) is 0 Å². The van der Waals surface area contributed by atoms with E-state index in [1.807, 2.05) is 0 Å². The molecule has 0 spiro atoms. The Morgan fingerprint density at radius 3 is 2.62 bits per heavy atom. The molecule has 4 N–H and O–H groups in total. The van der Waals surface area contributed by atoms with E-state index >= 15 is 0 Å². The molecule has 124 valence electrons. The summed E-state index contributed by atoms with van der Waals surface area (Å²) in [5.41, 5.74) is 10.5. The SMILES string of the molecule is Cc1c(C(=O)NNC(=O)c2ccn(C)n2)nnn1-c1nonc1N. The molecule has 0 aromatic carbocycles. The van der Waals surface area contributed by atoms with Crippen LogP contribution in [0.3, 0.4) is 0 Å². The molecule has 3 heterocycles. The highest BCUT2D eigenvalue weighted by Crippen LogP contribution is 2.14. The average molecular weight is 332 g/mol. The first kappa shape index (κ1) is 15.1. The maximum Gasteiger partial charge on any atom is 0.292 e. The van der Waals surface area contributed by atoms with Crippen molar-refractivity contribution in [2.75, 3.05) is 5.73 Å². The van der Waals surface area contributed by atoms with Crippen LogP contribution in [-0.2, 0) is 7.05 Å². The molecule has 13 nitrogen and oxygen atoms in total. The van der Waals surface area contributed by atoms with Gasteiger partial charge in [-0.25, -0.2) is 4.63 Å². The Balaban J connectivity index is 1.71. The van der Waals surface area contributed by atoms with Crippen LogP contribution in [0.1, 0.15) is 26.7 Å². The molecular weight excluding hydrogens is 320 g/mol. The minimum Gasteiger partial charge on any atom is -0.378 e. The van der Waals surface area contributed by atoms with Crippen molar-refractivity contribution in [2.45, 2.75) is 6.92 Å². The smallest absolute Gasteiger partial charge is 0.292 e. The van der Waals surface area contributed by atoms with Gasteiger partial charge in [0.2, 0.25) is 11.6 Å². The number of aryl methyl sites for hydroxylation is 1. The minimum atomic E-state index is -0.668. The number of nitrogens with two attached hydrogens (primary N) is 1. The summed E-state index contributed by atoms with van der Waals surface area (Å²) in [7, 11) is 1.67. The highest BCUT2D eigenvalue weighted by molar-refractivity contribution is 5.97. The number of rotatable bonds is 3. The summed E-state index contributed by atoms with van der Waals surface area (Å²) in [5.74, 6) is -1.13. The summed E-state index contributed by atoms with van der Waals surface area (Å²) in [6, 6.07) is 1.50. The molecule has 0 aliphatic rings. The van der Waals surface area contributed by atoms with Gasteiger partial charge in [-0.3, -0.25) is 25.1 Å². The van der Waals surface area contributed by atoms with E-state index in [1.54, 1.807) is 20.2 Å². The van der Waals surface area contributed by atoms with E-state index in [0.29, 0.717) is 5.69 Å². The van der Waals surface area contributed by atoms with Crippen LogP contribution >= 0.6 is 0 Å². The van der Waals surface area contributed by atoms with E-state index in [9.17, 15) is 9.59 Å². The molecule has 0 radical (unpaired) electrons. The molecule has 3 rings (SSSR count). The highest BCUT2D eigenvalue weighted by Gasteiger charge is 2.21. The minimum absolute atomic E-state index is 0.00147. The van der Waals surface area contributed by atoms with Crippen LogP contribution in [0.25, 0.3) is 5.82 Å². The zero-order chi connectivity index (χ0) is 17.3. The fraction of sp³-hybridized carbons (Fsp3) is 0.182. The molecule has 0 aliphatic heterocycles. The third-order valence-electron chi connectivity index (χ3n) is 3.04. The van der Waals surface area contributed by atoms with Gasteiger partial charge in [-0.15, -0.1) is 5.10 Å². The third-order valence-corrected chi connectivity index (χ3v) is 3.04. The van der Waals surface area contributed by atoms with E-state index in [2.05, 4.69) is 41.2 Å². The molecule has 0 saturated carbocycles. The number of nitrogen functional groups attached to an aromatic ring is 1. The molecule has 2 amide bonds. The second-order valence-electron chi connectivity index (χ2n) is 4.69. The number of hydrogen-bond donors (Lipinski definition) is 3. The number of amides is 2. The lowest BCUT2D eigenvalue weighted by Crippen LogP contribution is -2.42. The normalized spacial score (nSPS) is 10.6. The number of hydrazine groups is 1. The molecule has 24 heavy (non-hydrogen) atoms. The number of nitrogens with one attached hydrogen (secondary N) is 2. The Bertz CT molecular complexity index is 907. The fourth-order valence-corrected chi connectivity index (χ4v) is 1.85. The van der Waals surface area contributed by atoms with Crippen molar-refractivity contribution >= 4 is 17.6 Å². The maximum atomic E-state index is 12.1. The molecule has 0 bridgehead atoms. The molecule has 0 atom stereocenters. The number of aromatic nitrogens is 7. The van der Waals surface area contributed by atoms with Gasteiger partial charge < -0.3 is 5.73 Å². The van der Waals surface area contributed by atoms with Crippen molar-refractivity contribution in [2.24, 2.45) is 7.05 Å². The first-order valence-electron chi connectivity index (χ1n) is 6.58. The first-order chi connectivity index (χ1) is 11.5. The van der Waals surface area contributed by atoms with Gasteiger partial charge in [0.05, 0.1) is 5.69 Å². The number of carbonyl (C=O) groups is 2. The van der Waals surface area contributed by atoms with Crippen molar-refractivity contribution in [1.29, 1.82) is 0 Å². The molecule has 0 unspecified atom stereocenters. The van der Waals surface area contributed by atoms with E-state index in [-0.39, 0.29) is 23.0 Å². The van der Waals surface area contributed by atoms with Crippen LogP contribution in [0.5, 0.6) is 0 Å². The van der Waals surface area contributed by atoms with Gasteiger partial charge in [0.1, 0.15) is 0 Å². The summed E-state index contributed by atoms with van der Waals surface area (Å²) < 4.78 is 7.13. The molecule has 3 aromatic rings. The van der Waals surface area contributed by atoms with Gasteiger partial charge >= 0.3 is 0 Å².